The van der Waals surface area contributed by atoms with Crippen LogP contribution in [0, 0.1) is 5.92 Å². The molecule has 2 nitrogen and oxygen atoms in total. The van der Waals surface area contributed by atoms with E-state index >= 15 is 0 Å². The Kier molecular flexibility index (Phi) is 5.27. The summed E-state index contributed by atoms with van der Waals surface area (Å²) in [7, 11) is 0. The molecule has 0 aliphatic carbocycles. The van der Waals surface area contributed by atoms with E-state index in [4.69, 9.17) is 4.74 Å². The van der Waals surface area contributed by atoms with Gasteiger partial charge < -0.3 is 4.74 Å². The van der Waals surface area contributed by atoms with Crippen LogP contribution in [0.4, 0.5) is 0 Å². The highest BCUT2D eigenvalue weighted by Gasteiger charge is 2.13. The van der Waals surface area contributed by atoms with Gasteiger partial charge in [0.05, 0.1) is 12.1 Å². The van der Waals surface area contributed by atoms with Crippen LogP contribution in [-0.2, 0) is 0 Å². The van der Waals surface area contributed by atoms with Crippen LogP contribution in [0.1, 0.15) is 24.8 Å². The molecular weight excluding hydrogens is 294 g/mol. The summed E-state index contributed by atoms with van der Waals surface area (Å²) in [5.41, 5.74) is 2.32. The van der Waals surface area contributed by atoms with Gasteiger partial charge in [-0.15, -0.1) is 6.58 Å². The fraction of sp³-hybridized carbons (Fsp3) is 0.227. The lowest BCUT2D eigenvalue weighted by atomic mass is 9.90. The molecule has 0 N–H and O–H groups in total. The second-order valence-electron chi connectivity index (χ2n) is 6.18. The van der Waals surface area contributed by atoms with Gasteiger partial charge in [-0.25, -0.2) is 0 Å². The zero-order valence-corrected chi connectivity index (χ0v) is 14.1. The van der Waals surface area contributed by atoms with Gasteiger partial charge in [0.25, 0.3) is 0 Å². The average molecular weight is 317 g/mol. The van der Waals surface area contributed by atoms with Crippen molar-refractivity contribution in [3.05, 3.63) is 85.1 Å². The Morgan fingerprint density at radius 2 is 1.79 bits per heavy atom. The predicted molar refractivity (Wildman–Crippen MR) is 100 cm³/mol. The van der Waals surface area contributed by atoms with Crippen molar-refractivity contribution in [2.45, 2.75) is 19.3 Å². The quantitative estimate of drug-likeness (QED) is 0.528. The summed E-state index contributed by atoms with van der Waals surface area (Å²) in [4.78, 5) is 4.38. The van der Waals surface area contributed by atoms with Gasteiger partial charge in [0.2, 0.25) is 0 Å². The molecule has 0 saturated heterocycles. The summed E-state index contributed by atoms with van der Waals surface area (Å²) < 4.78 is 6.10. The first kappa shape index (κ1) is 16.3. The maximum absolute atomic E-state index is 6.10. The van der Waals surface area contributed by atoms with Gasteiger partial charge in [0, 0.05) is 17.5 Å². The molecule has 24 heavy (non-hydrogen) atoms. The molecule has 1 heterocycles. The van der Waals surface area contributed by atoms with E-state index in [0.29, 0.717) is 18.4 Å². The first-order valence-corrected chi connectivity index (χ1v) is 8.42. The number of pyridine rings is 1. The van der Waals surface area contributed by atoms with E-state index < -0.39 is 0 Å². The minimum Gasteiger partial charge on any atom is -0.492 e. The molecule has 0 radical (unpaired) electrons. The molecule has 122 valence electrons. The lowest BCUT2D eigenvalue weighted by Gasteiger charge is -2.19. The van der Waals surface area contributed by atoms with Crippen molar-refractivity contribution in [2.75, 3.05) is 6.61 Å². The zero-order valence-electron chi connectivity index (χ0n) is 14.1. The van der Waals surface area contributed by atoms with E-state index in [0.717, 1.165) is 23.1 Å². The monoisotopic (exact) mass is 317 g/mol. The van der Waals surface area contributed by atoms with Gasteiger partial charge in [-0.1, -0.05) is 55.5 Å². The molecule has 0 aliphatic heterocycles. The van der Waals surface area contributed by atoms with E-state index in [1.54, 1.807) is 6.20 Å². The van der Waals surface area contributed by atoms with Crippen molar-refractivity contribution in [1.82, 2.24) is 4.98 Å². The number of aromatic nitrogens is 1. The van der Waals surface area contributed by atoms with E-state index in [-0.39, 0.29) is 0 Å². The molecule has 0 fully saturated rings. The zero-order chi connectivity index (χ0) is 16.8. The normalized spacial score (nSPS) is 13.4. The molecule has 2 aromatic carbocycles. The van der Waals surface area contributed by atoms with Crippen LogP contribution >= 0.6 is 0 Å². The number of hydrogen-bond donors (Lipinski definition) is 0. The molecule has 2 unspecified atom stereocenters. The summed E-state index contributed by atoms with van der Waals surface area (Å²) >= 11 is 0. The van der Waals surface area contributed by atoms with Crippen molar-refractivity contribution >= 4 is 10.9 Å². The van der Waals surface area contributed by atoms with Crippen LogP contribution in [-0.4, -0.2) is 11.6 Å². The molecule has 0 spiro atoms. The van der Waals surface area contributed by atoms with E-state index in [9.17, 15) is 0 Å². The number of para-hydroxylation sites is 1. The molecule has 3 aromatic rings. The minimum atomic E-state index is 0.312. The summed E-state index contributed by atoms with van der Waals surface area (Å²) in [5.74, 6) is 1.68. The molecular formula is C22H23NO. The van der Waals surface area contributed by atoms with Crippen molar-refractivity contribution < 1.29 is 4.74 Å². The molecule has 3 rings (SSSR count). The Balaban J connectivity index is 1.66. The van der Waals surface area contributed by atoms with Crippen molar-refractivity contribution in [1.29, 1.82) is 0 Å². The fourth-order valence-electron chi connectivity index (χ4n) is 3.00. The summed E-state index contributed by atoms with van der Waals surface area (Å²) in [6, 6.07) is 20.6. The Labute approximate surface area is 143 Å². The maximum Gasteiger partial charge on any atom is 0.130 e. The third-order valence-corrected chi connectivity index (χ3v) is 4.42. The lowest BCUT2D eigenvalue weighted by Crippen LogP contribution is -2.13. The van der Waals surface area contributed by atoms with E-state index in [2.05, 4.69) is 48.8 Å². The van der Waals surface area contributed by atoms with Crippen molar-refractivity contribution in [3.8, 4) is 5.75 Å². The number of nitrogens with zero attached hydrogens (tertiary/aromatic N) is 1. The highest BCUT2D eigenvalue weighted by molar-refractivity contribution is 5.84. The molecule has 0 aliphatic rings. The van der Waals surface area contributed by atoms with Gasteiger partial charge >= 0.3 is 0 Å². The summed E-state index contributed by atoms with van der Waals surface area (Å²) in [6.07, 6.45) is 4.83. The second-order valence-corrected chi connectivity index (χ2v) is 6.18. The standard InChI is InChI=1S/C22H23NO/c1-3-18(15-17(2)19-9-5-4-6-10-19)16-24-22-13-14-23-21-12-8-7-11-20(21)22/h3-14,17-18H,1,15-16H2,2H3. The fourth-order valence-corrected chi connectivity index (χ4v) is 3.00. The highest BCUT2D eigenvalue weighted by Crippen LogP contribution is 2.27. The number of fused-ring (bicyclic) bond motifs is 1. The van der Waals surface area contributed by atoms with Gasteiger partial charge in [-0.05, 0) is 36.1 Å². The summed E-state index contributed by atoms with van der Waals surface area (Å²) in [6.45, 7) is 6.88. The van der Waals surface area contributed by atoms with Gasteiger partial charge in [-0.2, -0.15) is 0 Å². The number of rotatable bonds is 7. The number of hydrogen-bond acceptors (Lipinski definition) is 2. The van der Waals surface area contributed by atoms with Crippen LogP contribution < -0.4 is 4.74 Å². The second kappa shape index (κ2) is 7.78. The maximum atomic E-state index is 6.10. The van der Waals surface area contributed by atoms with Crippen LogP contribution in [0.3, 0.4) is 0 Å². The van der Waals surface area contributed by atoms with Crippen molar-refractivity contribution in [2.24, 2.45) is 5.92 Å². The molecule has 0 amide bonds. The topological polar surface area (TPSA) is 22.1 Å². The van der Waals surface area contributed by atoms with Gasteiger partial charge in [-0.3, -0.25) is 4.98 Å². The Morgan fingerprint density at radius 1 is 1.04 bits per heavy atom. The highest BCUT2D eigenvalue weighted by atomic mass is 16.5. The van der Waals surface area contributed by atoms with E-state index in [1.807, 2.05) is 36.4 Å². The SMILES string of the molecule is C=CC(COc1ccnc2ccccc12)CC(C)c1ccccc1. The number of benzene rings is 2. The molecule has 1 aromatic heterocycles. The molecule has 0 saturated carbocycles. The summed E-state index contributed by atoms with van der Waals surface area (Å²) in [5, 5.41) is 1.05. The van der Waals surface area contributed by atoms with Gasteiger partial charge in [0.15, 0.2) is 0 Å². The first-order valence-electron chi connectivity index (χ1n) is 8.42. The lowest BCUT2D eigenvalue weighted by molar-refractivity contribution is 0.265. The molecule has 2 heteroatoms. The largest absolute Gasteiger partial charge is 0.492 e. The smallest absolute Gasteiger partial charge is 0.130 e. The van der Waals surface area contributed by atoms with Crippen molar-refractivity contribution in [3.63, 3.8) is 0 Å². The Hall–Kier alpha value is -2.61. The minimum absolute atomic E-state index is 0.312. The van der Waals surface area contributed by atoms with Crippen LogP contribution in [0.2, 0.25) is 0 Å². The van der Waals surface area contributed by atoms with Crippen LogP contribution in [0.5, 0.6) is 5.75 Å². The number of ether oxygens (including phenoxy) is 1. The Morgan fingerprint density at radius 3 is 2.58 bits per heavy atom. The third-order valence-electron chi connectivity index (χ3n) is 4.42. The van der Waals surface area contributed by atoms with Crippen LogP contribution in [0.25, 0.3) is 10.9 Å². The molecule has 0 bridgehead atoms. The van der Waals surface area contributed by atoms with E-state index in [1.165, 1.54) is 5.56 Å². The Bertz CT molecular complexity index is 792. The average Bonchev–Trinajstić information content (AvgIpc) is 2.65. The third kappa shape index (κ3) is 3.83. The first-order chi connectivity index (χ1) is 11.8. The van der Waals surface area contributed by atoms with Gasteiger partial charge in [0.1, 0.15) is 5.75 Å². The van der Waals surface area contributed by atoms with Crippen LogP contribution in [0.15, 0.2) is 79.5 Å². The predicted octanol–water partition coefficient (Wildman–Crippen LogP) is 5.61. The molecule has 2 atom stereocenters.